The van der Waals surface area contributed by atoms with E-state index in [1.54, 1.807) is 0 Å². The molecular weight excluding hydrogens is 308 g/mol. The molecule has 2 aromatic rings. The van der Waals surface area contributed by atoms with E-state index in [1.807, 2.05) is 6.08 Å². The predicted molar refractivity (Wildman–Crippen MR) is 108 cm³/mol. The molecule has 2 fully saturated rings. The molecule has 1 aromatic heterocycles. The topological polar surface area (TPSA) is 25.5 Å². The molecule has 25 heavy (non-hydrogen) atoms. The van der Waals surface area contributed by atoms with Crippen LogP contribution in [-0.4, -0.2) is 73.0 Å². The first-order chi connectivity index (χ1) is 12.2. The summed E-state index contributed by atoms with van der Waals surface area (Å²) in [5.74, 6) is 0. The molecule has 3 heterocycles. The smallest absolute Gasteiger partial charge is 0.0461 e. The maximum Gasteiger partial charge on any atom is 0.0461 e. The summed E-state index contributed by atoms with van der Waals surface area (Å²) in [5, 5.41) is 1.34. The fraction of sp³-hybridized carbons (Fsp3) is 0.524. The van der Waals surface area contributed by atoms with Crippen molar-refractivity contribution in [3.8, 4) is 0 Å². The van der Waals surface area contributed by atoms with Crippen LogP contribution in [-0.2, 0) is 6.54 Å². The summed E-state index contributed by atoms with van der Waals surface area (Å²) in [5.41, 5.74) is 3.80. The number of fused-ring (bicyclic) bond motifs is 1. The number of aromatic amines is 1. The Labute approximate surface area is 152 Å². The molecule has 136 valence electrons. The number of aromatic nitrogens is 1. The lowest BCUT2D eigenvalue weighted by Crippen LogP contribution is -2.42. The Morgan fingerprint density at radius 2 is 1.56 bits per heavy atom. The first-order valence-corrected chi connectivity index (χ1v) is 9.49. The van der Waals surface area contributed by atoms with E-state index in [2.05, 4.69) is 64.6 Å². The zero-order chi connectivity index (χ0) is 17.6. The molecule has 4 nitrogen and oxygen atoms in total. The zero-order valence-corrected chi connectivity index (χ0v) is 15.8. The summed E-state index contributed by atoms with van der Waals surface area (Å²) in [4.78, 5) is 10.7. The fourth-order valence-electron chi connectivity index (χ4n) is 3.64. The molecule has 2 aliphatic heterocycles. The lowest BCUT2D eigenvalue weighted by molar-refractivity contribution is 0.181. The molecule has 2 saturated heterocycles. The molecule has 0 amide bonds. The van der Waals surface area contributed by atoms with Crippen LogP contribution in [0, 0.1) is 0 Å². The number of hydrogen-bond donors (Lipinski definition) is 1. The van der Waals surface area contributed by atoms with Gasteiger partial charge < -0.3 is 14.8 Å². The highest BCUT2D eigenvalue weighted by molar-refractivity contribution is 5.87. The fourth-order valence-corrected chi connectivity index (χ4v) is 3.64. The highest BCUT2D eigenvalue weighted by Crippen LogP contribution is 2.25. The number of nitrogens with zero attached hydrogens (tertiary/aromatic N) is 3. The van der Waals surface area contributed by atoms with E-state index in [4.69, 9.17) is 0 Å². The van der Waals surface area contributed by atoms with Gasteiger partial charge in [-0.1, -0.05) is 24.8 Å². The number of hydrogen-bond acceptors (Lipinski definition) is 3. The minimum atomic E-state index is 1.05. The zero-order valence-electron chi connectivity index (χ0n) is 15.8. The normalized spacial score (nSPS) is 19.8. The van der Waals surface area contributed by atoms with Crippen LogP contribution in [0.15, 0.2) is 30.8 Å². The van der Waals surface area contributed by atoms with E-state index in [0.717, 1.165) is 6.54 Å². The van der Waals surface area contributed by atoms with Gasteiger partial charge in [0.15, 0.2) is 0 Å². The van der Waals surface area contributed by atoms with Gasteiger partial charge in [-0.15, -0.1) is 0 Å². The van der Waals surface area contributed by atoms with Crippen LogP contribution < -0.4 is 0 Å². The van der Waals surface area contributed by atoms with Gasteiger partial charge in [0.05, 0.1) is 0 Å². The van der Waals surface area contributed by atoms with Crippen molar-refractivity contribution in [2.24, 2.45) is 0 Å². The van der Waals surface area contributed by atoms with Gasteiger partial charge in [0.2, 0.25) is 0 Å². The van der Waals surface area contributed by atoms with Gasteiger partial charge in [-0.2, -0.15) is 0 Å². The Morgan fingerprint density at radius 1 is 0.960 bits per heavy atom. The van der Waals surface area contributed by atoms with Crippen LogP contribution >= 0.6 is 0 Å². The van der Waals surface area contributed by atoms with Crippen LogP contribution in [0.1, 0.15) is 24.1 Å². The summed E-state index contributed by atoms with van der Waals surface area (Å²) in [6.07, 6.45) is 4.61. The van der Waals surface area contributed by atoms with Crippen LogP contribution in [0.3, 0.4) is 0 Å². The number of likely N-dealkylation sites (tertiary alicyclic amines) is 1. The SMILES string of the molecule is C=Cc1[nH]c2ccccc2c1CN1CCCC1.CN1CCN(C)CC1. The second-order valence-corrected chi connectivity index (χ2v) is 7.36. The number of piperazine rings is 1. The van der Waals surface area contributed by atoms with E-state index < -0.39 is 0 Å². The third kappa shape index (κ3) is 4.72. The summed E-state index contributed by atoms with van der Waals surface area (Å²) in [6, 6.07) is 8.52. The average Bonchev–Trinajstić information content (AvgIpc) is 3.27. The molecule has 0 atom stereocenters. The summed E-state index contributed by atoms with van der Waals surface area (Å²) in [7, 11) is 4.35. The Balaban J connectivity index is 0.000000192. The molecule has 0 bridgehead atoms. The van der Waals surface area contributed by atoms with Crippen LogP contribution in [0.5, 0.6) is 0 Å². The maximum atomic E-state index is 3.91. The van der Waals surface area contributed by atoms with Gasteiger partial charge in [0, 0.05) is 49.3 Å². The van der Waals surface area contributed by atoms with Crippen molar-refractivity contribution in [3.05, 3.63) is 42.1 Å². The molecule has 0 aliphatic carbocycles. The number of para-hydroxylation sites is 1. The van der Waals surface area contributed by atoms with Crippen LogP contribution in [0.25, 0.3) is 17.0 Å². The summed E-state index contributed by atoms with van der Waals surface area (Å²) in [6.45, 7) is 12.4. The summed E-state index contributed by atoms with van der Waals surface area (Å²) < 4.78 is 0. The van der Waals surface area contributed by atoms with Crippen LogP contribution in [0.4, 0.5) is 0 Å². The van der Waals surface area contributed by atoms with E-state index in [0.29, 0.717) is 0 Å². The molecule has 0 unspecified atom stereocenters. The lowest BCUT2D eigenvalue weighted by atomic mass is 10.1. The Bertz CT molecular complexity index is 666. The molecule has 1 aromatic carbocycles. The van der Waals surface area contributed by atoms with Crippen molar-refractivity contribution in [1.82, 2.24) is 19.7 Å². The van der Waals surface area contributed by atoms with Crippen LogP contribution in [0.2, 0.25) is 0 Å². The molecule has 0 saturated carbocycles. The largest absolute Gasteiger partial charge is 0.355 e. The molecule has 1 N–H and O–H groups in total. The van der Waals surface area contributed by atoms with Gasteiger partial charge in [0.1, 0.15) is 0 Å². The van der Waals surface area contributed by atoms with Gasteiger partial charge in [0.25, 0.3) is 0 Å². The van der Waals surface area contributed by atoms with Crippen molar-refractivity contribution < 1.29 is 0 Å². The third-order valence-electron chi connectivity index (χ3n) is 5.36. The molecule has 0 radical (unpaired) electrons. The average molecular weight is 341 g/mol. The Hall–Kier alpha value is -1.62. The van der Waals surface area contributed by atoms with Gasteiger partial charge >= 0.3 is 0 Å². The molecular formula is C21H32N4. The van der Waals surface area contributed by atoms with E-state index in [9.17, 15) is 0 Å². The number of likely N-dealkylation sites (N-methyl/N-ethyl adjacent to an activating group) is 2. The minimum Gasteiger partial charge on any atom is -0.355 e. The second-order valence-electron chi connectivity index (χ2n) is 7.36. The van der Waals surface area contributed by atoms with Crippen molar-refractivity contribution in [2.75, 3.05) is 53.4 Å². The lowest BCUT2D eigenvalue weighted by Gasteiger charge is -2.28. The molecule has 2 aliphatic rings. The molecule has 4 rings (SSSR count). The van der Waals surface area contributed by atoms with E-state index >= 15 is 0 Å². The highest BCUT2D eigenvalue weighted by Gasteiger charge is 2.16. The number of H-pyrrole nitrogens is 1. The maximum absolute atomic E-state index is 3.91. The first-order valence-electron chi connectivity index (χ1n) is 9.49. The quantitative estimate of drug-likeness (QED) is 0.928. The van der Waals surface area contributed by atoms with Gasteiger partial charge in [-0.3, -0.25) is 4.90 Å². The van der Waals surface area contributed by atoms with Crippen molar-refractivity contribution in [2.45, 2.75) is 19.4 Å². The Morgan fingerprint density at radius 3 is 2.16 bits per heavy atom. The minimum absolute atomic E-state index is 1.05. The van der Waals surface area contributed by atoms with E-state index in [-0.39, 0.29) is 0 Å². The van der Waals surface area contributed by atoms with E-state index in [1.165, 1.54) is 74.3 Å². The van der Waals surface area contributed by atoms with Crippen molar-refractivity contribution >= 4 is 17.0 Å². The second kappa shape index (κ2) is 8.65. The number of nitrogens with one attached hydrogen (secondary N) is 1. The summed E-state index contributed by atoms with van der Waals surface area (Å²) >= 11 is 0. The predicted octanol–water partition coefficient (Wildman–Crippen LogP) is 3.27. The van der Waals surface area contributed by atoms with Crippen molar-refractivity contribution in [1.29, 1.82) is 0 Å². The third-order valence-corrected chi connectivity index (χ3v) is 5.36. The Kier molecular flexibility index (Phi) is 6.29. The molecule has 4 heteroatoms. The standard InChI is InChI=1S/C15H18N2.C6H14N2/c1-2-14-13(11-17-9-5-6-10-17)12-7-3-4-8-15(12)16-14;1-7-3-5-8(2)6-4-7/h2-4,7-8,16H,1,5-6,9-11H2;3-6H2,1-2H3. The first kappa shape index (κ1) is 18.2. The number of rotatable bonds is 3. The van der Waals surface area contributed by atoms with Gasteiger partial charge in [-0.05, 0) is 57.7 Å². The molecule has 0 spiro atoms. The monoisotopic (exact) mass is 340 g/mol. The van der Waals surface area contributed by atoms with Crippen molar-refractivity contribution in [3.63, 3.8) is 0 Å². The number of benzene rings is 1. The van der Waals surface area contributed by atoms with Gasteiger partial charge in [-0.25, -0.2) is 0 Å². The highest BCUT2D eigenvalue weighted by atomic mass is 15.2.